The summed E-state index contributed by atoms with van der Waals surface area (Å²) in [4.78, 5) is 22.9. The van der Waals surface area contributed by atoms with Crippen LogP contribution in [-0.4, -0.2) is 56.4 Å². The minimum Gasteiger partial charge on any atom is -0.508 e. The molecular formula is C16H20N2O6. The summed E-state index contributed by atoms with van der Waals surface area (Å²) in [6.07, 6.45) is -2.29. The maximum Gasteiger partial charge on any atom is 0.427 e. The van der Waals surface area contributed by atoms with Gasteiger partial charge in [0, 0.05) is 5.92 Å². The molecule has 0 saturated carbocycles. The highest BCUT2D eigenvalue weighted by molar-refractivity contribution is 5.71. The molecule has 1 fully saturated rings. The number of amides is 1. The lowest BCUT2D eigenvalue weighted by atomic mass is 10.1. The van der Waals surface area contributed by atoms with Gasteiger partial charge >= 0.3 is 6.09 Å². The molecule has 0 aliphatic carbocycles. The van der Waals surface area contributed by atoms with E-state index in [0.717, 1.165) is 10.6 Å². The maximum absolute atomic E-state index is 11.7. The molecule has 2 unspecified atom stereocenters. The van der Waals surface area contributed by atoms with Gasteiger partial charge in [-0.1, -0.05) is 26.0 Å². The number of aliphatic hydroxyl groups excluding tert-OH is 1. The molecule has 2 atom stereocenters. The summed E-state index contributed by atoms with van der Waals surface area (Å²) in [6.45, 7) is 3.19. The van der Waals surface area contributed by atoms with E-state index in [2.05, 4.69) is 0 Å². The molecule has 0 spiro atoms. The summed E-state index contributed by atoms with van der Waals surface area (Å²) in [5.41, 5.74) is 0.717. The van der Waals surface area contributed by atoms with Gasteiger partial charge in [0.15, 0.2) is 6.29 Å². The van der Waals surface area contributed by atoms with Gasteiger partial charge in [-0.15, -0.1) is 0 Å². The van der Waals surface area contributed by atoms with Crippen LogP contribution in [0.25, 0.3) is 0 Å². The van der Waals surface area contributed by atoms with Crippen LogP contribution in [0.5, 0.6) is 5.75 Å². The van der Waals surface area contributed by atoms with Crippen molar-refractivity contribution in [2.45, 2.75) is 32.6 Å². The highest BCUT2D eigenvalue weighted by atomic mass is 16.6. The number of aliphatic hydroxyl groups is 1. The SMILES string of the molecule is CC(C)C(=C=O)N(C(=O)O)N1COC(O)C1Cc1ccc(O)cc1. The smallest absolute Gasteiger partial charge is 0.427 e. The second-order valence-electron chi connectivity index (χ2n) is 5.80. The molecule has 1 aromatic rings. The van der Waals surface area contributed by atoms with Gasteiger partial charge in [0.1, 0.15) is 24.1 Å². The average molecular weight is 336 g/mol. The number of hydrogen-bond acceptors (Lipinski definition) is 6. The molecule has 0 radical (unpaired) electrons. The molecule has 1 heterocycles. The Morgan fingerprint density at radius 2 is 2.04 bits per heavy atom. The van der Waals surface area contributed by atoms with Crippen molar-refractivity contribution in [3.8, 4) is 5.75 Å². The van der Waals surface area contributed by atoms with Crippen molar-refractivity contribution in [2.24, 2.45) is 5.92 Å². The third kappa shape index (κ3) is 3.74. The lowest BCUT2D eigenvalue weighted by molar-refractivity contribution is -0.0676. The Morgan fingerprint density at radius 3 is 2.54 bits per heavy atom. The number of allylic oxidation sites excluding steroid dienone is 1. The Kier molecular flexibility index (Phi) is 5.58. The van der Waals surface area contributed by atoms with Crippen molar-refractivity contribution in [1.29, 1.82) is 0 Å². The number of benzene rings is 1. The molecule has 0 aromatic heterocycles. The van der Waals surface area contributed by atoms with Crippen molar-refractivity contribution < 1.29 is 29.6 Å². The largest absolute Gasteiger partial charge is 0.508 e. The van der Waals surface area contributed by atoms with E-state index < -0.39 is 18.4 Å². The third-order valence-corrected chi connectivity index (χ3v) is 3.79. The number of phenolic OH excluding ortho intramolecular Hbond substituents is 1. The molecule has 24 heavy (non-hydrogen) atoms. The summed E-state index contributed by atoms with van der Waals surface area (Å²) in [5.74, 6) is 1.40. The van der Waals surface area contributed by atoms with Gasteiger partial charge in [-0.05, 0) is 24.1 Å². The van der Waals surface area contributed by atoms with Gasteiger partial charge in [0.25, 0.3) is 0 Å². The first kappa shape index (κ1) is 18.0. The lowest BCUT2D eigenvalue weighted by Gasteiger charge is -2.34. The summed E-state index contributed by atoms with van der Waals surface area (Å²) >= 11 is 0. The van der Waals surface area contributed by atoms with Crippen LogP contribution in [-0.2, 0) is 16.0 Å². The van der Waals surface area contributed by atoms with Gasteiger partial charge < -0.3 is 20.1 Å². The van der Waals surface area contributed by atoms with Gasteiger partial charge in [-0.25, -0.2) is 9.59 Å². The molecule has 8 nitrogen and oxygen atoms in total. The van der Waals surface area contributed by atoms with E-state index in [9.17, 15) is 24.9 Å². The summed E-state index contributed by atoms with van der Waals surface area (Å²) in [5, 5.41) is 31.0. The zero-order valence-electron chi connectivity index (χ0n) is 13.4. The molecular weight excluding hydrogens is 316 g/mol. The molecule has 0 bridgehead atoms. The Morgan fingerprint density at radius 1 is 1.42 bits per heavy atom. The van der Waals surface area contributed by atoms with Crippen LogP contribution in [0.4, 0.5) is 4.79 Å². The number of carbonyl (C=O) groups is 1. The van der Waals surface area contributed by atoms with Crippen LogP contribution in [0.3, 0.4) is 0 Å². The molecule has 130 valence electrons. The minimum absolute atomic E-state index is 0.0593. The van der Waals surface area contributed by atoms with Crippen molar-refractivity contribution >= 4 is 12.0 Å². The van der Waals surface area contributed by atoms with Gasteiger partial charge in [-0.2, -0.15) is 10.0 Å². The number of nitrogens with zero attached hydrogens (tertiary/aromatic N) is 2. The fraction of sp³-hybridized carbons (Fsp3) is 0.438. The van der Waals surface area contributed by atoms with E-state index in [4.69, 9.17) is 4.74 Å². The van der Waals surface area contributed by atoms with Crippen molar-refractivity contribution in [2.75, 3.05) is 6.73 Å². The van der Waals surface area contributed by atoms with Crippen LogP contribution in [0.1, 0.15) is 19.4 Å². The summed E-state index contributed by atoms with van der Waals surface area (Å²) in [7, 11) is 0. The second kappa shape index (κ2) is 7.46. The molecule has 1 aliphatic rings. The summed E-state index contributed by atoms with van der Waals surface area (Å²) in [6, 6.07) is 5.64. The molecule has 1 amide bonds. The fourth-order valence-electron chi connectivity index (χ4n) is 2.55. The van der Waals surface area contributed by atoms with Crippen LogP contribution >= 0.6 is 0 Å². The number of hydrazine groups is 1. The van der Waals surface area contributed by atoms with Gasteiger partial charge in [0.2, 0.25) is 0 Å². The maximum atomic E-state index is 11.7. The fourth-order valence-corrected chi connectivity index (χ4v) is 2.55. The highest BCUT2D eigenvalue weighted by Crippen LogP contribution is 2.26. The predicted molar refractivity (Wildman–Crippen MR) is 83.3 cm³/mol. The number of aromatic hydroxyl groups is 1. The van der Waals surface area contributed by atoms with Crippen LogP contribution < -0.4 is 0 Å². The van der Waals surface area contributed by atoms with Crippen molar-refractivity contribution in [1.82, 2.24) is 10.0 Å². The molecule has 1 saturated heterocycles. The molecule has 1 aromatic carbocycles. The molecule has 1 aliphatic heterocycles. The molecule has 3 N–H and O–H groups in total. The number of carboxylic acid groups (broad SMARTS) is 1. The number of ether oxygens (including phenoxy) is 1. The van der Waals surface area contributed by atoms with E-state index in [-0.39, 0.29) is 30.5 Å². The highest BCUT2D eigenvalue weighted by Gasteiger charge is 2.41. The average Bonchev–Trinajstić information content (AvgIpc) is 2.87. The van der Waals surface area contributed by atoms with Crippen molar-refractivity contribution in [3.63, 3.8) is 0 Å². The topological polar surface area (TPSA) is 111 Å². The predicted octanol–water partition coefficient (Wildman–Crippen LogP) is 1.18. The third-order valence-electron chi connectivity index (χ3n) is 3.79. The number of hydrogen-bond donors (Lipinski definition) is 3. The Balaban J connectivity index is 2.30. The monoisotopic (exact) mass is 336 g/mol. The summed E-state index contributed by atoms with van der Waals surface area (Å²) < 4.78 is 5.16. The molecule has 8 heteroatoms. The Labute approximate surface area is 139 Å². The van der Waals surface area contributed by atoms with E-state index >= 15 is 0 Å². The molecule has 2 rings (SSSR count). The van der Waals surface area contributed by atoms with Crippen molar-refractivity contribution in [3.05, 3.63) is 35.5 Å². The normalized spacial score (nSPS) is 20.8. The zero-order valence-corrected chi connectivity index (χ0v) is 13.4. The van der Waals surface area contributed by atoms with Crippen LogP contribution in [0, 0.1) is 5.92 Å². The minimum atomic E-state index is -1.35. The van der Waals surface area contributed by atoms with E-state index in [1.807, 2.05) is 0 Å². The van der Waals surface area contributed by atoms with E-state index in [0.29, 0.717) is 0 Å². The Hall–Kier alpha value is -2.38. The van der Waals surface area contributed by atoms with Gasteiger partial charge in [0.05, 0.1) is 6.04 Å². The zero-order chi connectivity index (χ0) is 17.9. The standard InChI is InChI=1S/C16H20N2O6/c1-10(2)14(8-19)18(16(22)23)17-9-24-15(21)13(17)7-11-3-5-12(20)6-4-11/h3-6,10,13,15,20-21H,7,9H2,1-2H3,(H,22,23). The lowest BCUT2D eigenvalue weighted by Crippen LogP contribution is -2.51. The second-order valence-corrected chi connectivity index (χ2v) is 5.80. The number of phenols is 1. The first-order valence-electron chi connectivity index (χ1n) is 7.47. The number of rotatable bonds is 5. The van der Waals surface area contributed by atoms with E-state index in [1.54, 1.807) is 31.9 Å². The number of carbonyl (C=O) groups excluding carboxylic acids is 1. The quantitative estimate of drug-likeness (QED) is 0.692. The van der Waals surface area contributed by atoms with E-state index in [1.165, 1.54) is 17.1 Å². The first-order valence-corrected chi connectivity index (χ1v) is 7.47. The Bertz CT molecular complexity index is 638. The van der Waals surface area contributed by atoms with Gasteiger partial charge in [-0.3, -0.25) is 0 Å². The van der Waals surface area contributed by atoms with Crippen LogP contribution in [0.2, 0.25) is 0 Å². The first-order chi connectivity index (χ1) is 11.3. The van der Waals surface area contributed by atoms with Crippen LogP contribution in [0.15, 0.2) is 30.0 Å².